The number of benzene rings is 2. The molecule has 2 aromatic carbocycles. The second-order valence-corrected chi connectivity index (χ2v) is 5.20. The van der Waals surface area contributed by atoms with E-state index in [1.807, 2.05) is 0 Å². The van der Waals surface area contributed by atoms with Crippen LogP contribution >= 0.6 is 11.6 Å². The van der Waals surface area contributed by atoms with Crippen LogP contribution in [0, 0.1) is 17.5 Å². The van der Waals surface area contributed by atoms with Crippen molar-refractivity contribution in [2.45, 2.75) is 6.42 Å². The number of amides is 1. The zero-order chi connectivity index (χ0) is 17.7. The monoisotopic (exact) mass is 358 g/mol. The van der Waals surface area contributed by atoms with E-state index in [0.29, 0.717) is 16.5 Å². The molecule has 2 rings (SSSR count). The van der Waals surface area contributed by atoms with E-state index in [1.165, 1.54) is 13.2 Å². The molecule has 4 nitrogen and oxygen atoms in total. The third-order valence-corrected chi connectivity index (χ3v) is 3.43. The largest absolute Gasteiger partial charge is 0.495 e. The summed E-state index contributed by atoms with van der Waals surface area (Å²) in [5.41, 5.74) is 0.263. The molecular weight excluding hydrogens is 345 g/mol. The molecule has 0 aliphatic rings. The van der Waals surface area contributed by atoms with Gasteiger partial charge in [-0.05, 0) is 30.3 Å². The number of halogens is 4. The number of hydrogen-bond donors (Lipinski definition) is 2. The van der Waals surface area contributed by atoms with Crippen molar-refractivity contribution in [3.05, 3.63) is 52.8 Å². The highest BCUT2D eigenvalue weighted by atomic mass is 35.5. The molecule has 0 aliphatic heterocycles. The molecule has 0 saturated carbocycles. The van der Waals surface area contributed by atoms with Crippen molar-refractivity contribution in [3.8, 4) is 5.75 Å². The van der Waals surface area contributed by atoms with Gasteiger partial charge in [0, 0.05) is 18.7 Å². The van der Waals surface area contributed by atoms with Gasteiger partial charge in [-0.1, -0.05) is 11.6 Å². The van der Waals surface area contributed by atoms with Gasteiger partial charge in [0.1, 0.15) is 5.75 Å². The number of carbonyl (C=O) groups is 1. The topological polar surface area (TPSA) is 50.4 Å². The second kappa shape index (κ2) is 7.92. The molecule has 8 heteroatoms. The van der Waals surface area contributed by atoms with E-state index in [4.69, 9.17) is 16.3 Å². The minimum Gasteiger partial charge on any atom is -0.495 e. The summed E-state index contributed by atoms with van der Waals surface area (Å²) in [6.07, 6.45) is -0.0118. The molecule has 0 aromatic heterocycles. The fraction of sp³-hybridized carbons (Fsp3) is 0.188. The van der Waals surface area contributed by atoms with Crippen LogP contribution in [0.25, 0.3) is 0 Å². The lowest BCUT2D eigenvalue weighted by molar-refractivity contribution is -0.115. The first-order valence-corrected chi connectivity index (χ1v) is 7.31. The summed E-state index contributed by atoms with van der Waals surface area (Å²) < 4.78 is 44.3. The van der Waals surface area contributed by atoms with Crippen LogP contribution in [0.5, 0.6) is 5.75 Å². The zero-order valence-corrected chi connectivity index (χ0v) is 13.4. The molecule has 0 fully saturated rings. The second-order valence-electron chi connectivity index (χ2n) is 4.80. The number of ether oxygens (including phenoxy) is 1. The standard InChI is InChI=1S/C16H14ClF3N2O2/c1-24-13-5-2-9(8-10(13)17)22-14(23)6-7-21-12-4-3-11(18)15(19)16(12)20/h2-5,8,21H,6-7H2,1H3,(H,22,23). The summed E-state index contributed by atoms with van der Waals surface area (Å²) in [5.74, 6) is -4.03. The Kier molecular flexibility index (Phi) is 5.92. The third-order valence-electron chi connectivity index (χ3n) is 3.14. The molecule has 0 unspecified atom stereocenters. The first-order valence-electron chi connectivity index (χ1n) is 6.93. The average molecular weight is 359 g/mol. The Morgan fingerprint density at radius 1 is 1.17 bits per heavy atom. The summed E-state index contributed by atoms with van der Waals surface area (Å²) in [4.78, 5) is 11.8. The van der Waals surface area contributed by atoms with Gasteiger partial charge in [-0.3, -0.25) is 4.79 Å². The van der Waals surface area contributed by atoms with Crippen molar-refractivity contribution in [3.63, 3.8) is 0 Å². The normalized spacial score (nSPS) is 10.4. The molecule has 24 heavy (non-hydrogen) atoms. The summed E-state index contributed by atoms with van der Waals surface area (Å²) in [6, 6.07) is 6.62. The summed E-state index contributed by atoms with van der Waals surface area (Å²) in [6.45, 7) is 0.0394. The van der Waals surface area contributed by atoms with Crippen LogP contribution in [0.1, 0.15) is 6.42 Å². The lowest BCUT2D eigenvalue weighted by Gasteiger charge is -2.10. The highest BCUT2D eigenvalue weighted by Gasteiger charge is 2.13. The molecule has 2 aromatic rings. The maximum atomic E-state index is 13.4. The van der Waals surface area contributed by atoms with Crippen molar-refractivity contribution in [2.24, 2.45) is 0 Å². The van der Waals surface area contributed by atoms with Gasteiger partial charge >= 0.3 is 0 Å². The van der Waals surface area contributed by atoms with Crippen molar-refractivity contribution >= 4 is 28.9 Å². The Bertz CT molecular complexity index is 756. The SMILES string of the molecule is COc1ccc(NC(=O)CCNc2ccc(F)c(F)c2F)cc1Cl. The molecule has 0 aliphatic carbocycles. The van der Waals surface area contributed by atoms with Gasteiger partial charge in [-0.15, -0.1) is 0 Å². The van der Waals surface area contributed by atoms with Gasteiger partial charge in [0.25, 0.3) is 0 Å². The Morgan fingerprint density at radius 3 is 2.58 bits per heavy atom. The van der Waals surface area contributed by atoms with Crippen molar-refractivity contribution in [1.82, 2.24) is 0 Å². The van der Waals surface area contributed by atoms with Crippen LogP contribution in [0.15, 0.2) is 30.3 Å². The summed E-state index contributed by atoms with van der Waals surface area (Å²) in [5, 5.41) is 5.49. The molecule has 128 valence electrons. The highest BCUT2D eigenvalue weighted by molar-refractivity contribution is 6.32. The van der Waals surface area contributed by atoms with Gasteiger partial charge in [0.2, 0.25) is 5.91 Å². The van der Waals surface area contributed by atoms with Crippen molar-refractivity contribution in [2.75, 3.05) is 24.3 Å². The number of nitrogens with one attached hydrogen (secondary N) is 2. The van der Waals surface area contributed by atoms with Crippen LogP contribution in [0.2, 0.25) is 5.02 Å². The van der Waals surface area contributed by atoms with E-state index in [2.05, 4.69) is 10.6 Å². The smallest absolute Gasteiger partial charge is 0.226 e. The van der Waals surface area contributed by atoms with Gasteiger partial charge in [0.15, 0.2) is 17.5 Å². The molecule has 0 saturated heterocycles. The third kappa shape index (κ3) is 4.32. The fourth-order valence-electron chi connectivity index (χ4n) is 1.94. The Labute approximate surface area is 141 Å². The van der Waals surface area contributed by atoms with Gasteiger partial charge < -0.3 is 15.4 Å². The number of rotatable bonds is 6. The average Bonchev–Trinajstić information content (AvgIpc) is 2.55. The van der Waals surface area contributed by atoms with Crippen molar-refractivity contribution in [1.29, 1.82) is 0 Å². The fourth-order valence-corrected chi connectivity index (χ4v) is 2.20. The van der Waals surface area contributed by atoms with Crippen LogP contribution in [0.4, 0.5) is 24.5 Å². The van der Waals surface area contributed by atoms with E-state index in [0.717, 1.165) is 12.1 Å². The Balaban J connectivity index is 1.88. The minimum atomic E-state index is -1.56. The number of hydrogen-bond acceptors (Lipinski definition) is 3. The predicted molar refractivity (Wildman–Crippen MR) is 86.1 cm³/mol. The molecule has 1 amide bonds. The van der Waals surface area contributed by atoms with E-state index >= 15 is 0 Å². The maximum Gasteiger partial charge on any atom is 0.226 e. The zero-order valence-electron chi connectivity index (χ0n) is 12.6. The first kappa shape index (κ1) is 17.9. The molecule has 2 N–H and O–H groups in total. The minimum absolute atomic E-state index is 0.0118. The number of anilines is 2. The highest BCUT2D eigenvalue weighted by Crippen LogP contribution is 2.27. The molecular formula is C16H14ClF3N2O2. The van der Waals surface area contributed by atoms with Gasteiger partial charge in [-0.2, -0.15) is 0 Å². The first-order chi connectivity index (χ1) is 11.4. The van der Waals surface area contributed by atoms with Crippen LogP contribution in [-0.2, 0) is 4.79 Å². The molecule has 0 spiro atoms. The summed E-state index contributed by atoms with van der Waals surface area (Å²) >= 11 is 5.95. The molecule has 0 atom stereocenters. The molecule has 0 heterocycles. The van der Waals surface area contributed by atoms with Gasteiger partial charge in [-0.25, -0.2) is 13.2 Å². The lowest BCUT2D eigenvalue weighted by Crippen LogP contribution is -2.16. The number of carbonyl (C=O) groups excluding carboxylic acids is 1. The Hall–Kier alpha value is -2.41. The number of methoxy groups -OCH3 is 1. The van der Waals surface area contributed by atoms with Crippen LogP contribution in [-0.4, -0.2) is 19.6 Å². The lowest BCUT2D eigenvalue weighted by atomic mass is 10.2. The van der Waals surface area contributed by atoms with Crippen LogP contribution < -0.4 is 15.4 Å². The van der Waals surface area contributed by atoms with Gasteiger partial charge in [0.05, 0.1) is 17.8 Å². The predicted octanol–water partition coefficient (Wildman–Crippen LogP) is 4.21. The van der Waals surface area contributed by atoms with E-state index in [9.17, 15) is 18.0 Å². The quantitative estimate of drug-likeness (QED) is 0.761. The van der Waals surface area contributed by atoms with E-state index < -0.39 is 17.5 Å². The summed E-state index contributed by atoms with van der Waals surface area (Å²) in [7, 11) is 1.47. The van der Waals surface area contributed by atoms with E-state index in [1.54, 1.807) is 12.1 Å². The molecule has 0 bridgehead atoms. The Morgan fingerprint density at radius 2 is 1.92 bits per heavy atom. The van der Waals surface area contributed by atoms with Crippen LogP contribution in [0.3, 0.4) is 0 Å². The van der Waals surface area contributed by atoms with E-state index in [-0.39, 0.29) is 24.6 Å². The molecule has 0 radical (unpaired) electrons. The van der Waals surface area contributed by atoms with Crippen molar-refractivity contribution < 1.29 is 22.7 Å². The maximum absolute atomic E-state index is 13.4.